The van der Waals surface area contributed by atoms with Crippen LogP contribution < -0.4 is 0 Å². The molecule has 1 atom stereocenters. The molecular formula is C13H17NO2S. The molecule has 0 bridgehead atoms. The minimum atomic E-state index is 0.0275. The number of nitrogens with zero attached hydrogens (tertiary/aromatic N) is 1. The Labute approximate surface area is 106 Å². The summed E-state index contributed by atoms with van der Waals surface area (Å²) in [6.45, 7) is 3.77. The maximum Gasteiger partial charge on any atom is 0.254 e. The largest absolute Gasteiger partial charge is 0.508 e. The molecule has 0 aliphatic carbocycles. The van der Waals surface area contributed by atoms with Gasteiger partial charge in [0.15, 0.2) is 0 Å². The van der Waals surface area contributed by atoms with Crippen LogP contribution >= 0.6 is 11.8 Å². The van der Waals surface area contributed by atoms with Gasteiger partial charge in [-0.15, -0.1) is 0 Å². The molecule has 1 fully saturated rings. The first-order valence-corrected chi connectivity index (χ1v) is 6.95. The molecule has 1 unspecified atom stereocenters. The summed E-state index contributed by atoms with van der Waals surface area (Å²) in [5.41, 5.74) is 0.576. The molecule has 1 heterocycles. The van der Waals surface area contributed by atoms with Gasteiger partial charge < -0.3 is 10.0 Å². The minimum absolute atomic E-state index is 0.0275. The number of phenols is 1. The van der Waals surface area contributed by atoms with E-state index in [9.17, 15) is 9.90 Å². The molecule has 1 amide bonds. The van der Waals surface area contributed by atoms with Gasteiger partial charge in [-0.2, -0.15) is 11.8 Å². The molecule has 1 aromatic rings. The maximum absolute atomic E-state index is 12.2. The van der Waals surface area contributed by atoms with Gasteiger partial charge in [0.25, 0.3) is 5.91 Å². The summed E-state index contributed by atoms with van der Waals surface area (Å²) in [5.74, 6) is 1.18. The van der Waals surface area contributed by atoms with Crippen molar-refractivity contribution in [2.24, 2.45) is 0 Å². The van der Waals surface area contributed by atoms with Crippen LogP contribution in [-0.4, -0.2) is 40.0 Å². The Morgan fingerprint density at radius 3 is 3.12 bits per heavy atom. The van der Waals surface area contributed by atoms with Crippen molar-refractivity contribution >= 4 is 17.7 Å². The maximum atomic E-state index is 12.2. The third kappa shape index (κ3) is 2.94. The first-order valence-electron chi connectivity index (χ1n) is 5.90. The number of rotatable bonds is 2. The second kappa shape index (κ2) is 5.45. The number of benzene rings is 1. The highest BCUT2D eigenvalue weighted by atomic mass is 32.2. The van der Waals surface area contributed by atoms with E-state index in [0.717, 1.165) is 25.3 Å². The van der Waals surface area contributed by atoms with E-state index in [1.54, 1.807) is 18.2 Å². The van der Waals surface area contributed by atoms with E-state index >= 15 is 0 Å². The standard InChI is InChI=1S/C13H17NO2S/c1-2-12-9-14(6-7-17-12)13(16)10-4-3-5-11(15)8-10/h3-5,8,12,15H,2,6-7,9H2,1H3. The van der Waals surface area contributed by atoms with Crippen molar-refractivity contribution in [3.8, 4) is 5.75 Å². The first-order chi connectivity index (χ1) is 8.20. The lowest BCUT2D eigenvalue weighted by atomic mass is 10.1. The SMILES string of the molecule is CCC1CN(C(=O)c2cccc(O)c2)CCS1. The Bertz CT molecular complexity index is 408. The highest BCUT2D eigenvalue weighted by Gasteiger charge is 2.23. The lowest BCUT2D eigenvalue weighted by Gasteiger charge is -2.32. The van der Waals surface area contributed by atoms with E-state index in [-0.39, 0.29) is 11.7 Å². The predicted octanol–water partition coefficient (Wildman–Crippen LogP) is 2.36. The average Bonchev–Trinajstić information content (AvgIpc) is 2.38. The Hall–Kier alpha value is -1.16. The van der Waals surface area contributed by atoms with Crippen LogP contribution in [0.1, 0.15) is 23.7 Å². The fraction of sp³-hybridized carbons (Fsp3) is 0.462. The van der Waals surface area contributed by atoms with Crippen LogP contribution in [0.3, 0.4) is 0 Å². The van der Waals surface area contributed by atoms with E-state index in [2.05, 4.69) is 6.92 Å². The highest BCUT2D eigenvalue weighted by molar-refractivity contribution is 8.00. The Morgan fingerprint density at radius 2 is 2.41 bits per heavy atom. The quantitative estimate of drug-likeness (QED) is 0.877. The normalized spacial score (nSPS) is 20.3. The molecule has 1 aliphatic heterocycles. The van der Waals surface area contributed by atoms with Crippen LogP contribution in [0.2, 0.25) is 0 Å². The van der Waals surface area contributed by atoms with Crippen molar-refractivity contribution in [2.75, 3.05) is 18.8 Å². The van der Waals surface area contributed by atoms with Crippen LogP contribution in [0.15, 0.2) is 24.3 Å². The van der Waals surface area contributed by atoms with Gasteiger partial charge >= 0.3 is 0 Å². The summed E-state index contributed by atoms with van der Waals surface area (Å²) in [6, 6.07) is 6.58. The number of carbonyl (C=O) groups excluding carboxylic acids is 1. The lowest BCUT2D eigenvalue weighted by Crippen LogP contribution is -2.41. The van der Waals surface area contributed by atoms with Gasteiger partial charge in [0.05, 0.1) is 0 Å². The Kier molecular flexibility index (Phi) is 3.94. The van der Waals surface area contributed by atoms with Crippen molar-refractivity contribution in [1.82, 2.24) is 4.90 Å². The third-order valence-electron chi connectivity index (χ3n) is 2.97. The van der Waals surface area contributed by atoms with Crippen LogP contribution in [0, 0.1) is 0 Å². The monoisotopic (exact) mass is 251 g/mol. The number of phenolic OH excluding ortho intramolecular Hbond substituents is 1. The number of amides is 1. The lowest BCUT2D eigenvalue weighted by molar-refractivity contribution is 0.0760. The fourth-order valence-corrected chi connectivity index (χ4v) is 3.15. The molecule has 1 saturated heterocycles. The summed E-state index contributed by atoms with van der Waals surface area (Å²) in [5, 5.41) is 9.93. The van der Waals surface area contributed by atoms with Gasteiger partial charge in [-0.1, -0.05) is 13.0 Å². The predicted molar refractivity (Wildman–Crippen MR) is 70.5 cm³/mol. The number of carbonyl (C=O) groups is 1. The van der Waals surface area contributed by atoms with Gasteiger partial charge in [0.2, 0.25) is 0 Å². The molecule has 0 saturated carbocycles. The Morgan fingerprint density at radius 1 is 1.59 bits per heavy atom. The first kappa shape index (κ1) is 12.3. The molecule has 1 aromatic carbocycles. The van der Waals surface area contributed by atoms with E-state index in [0.29, 0.717) is 10.8 Å². The zero-order valence-electron chi connectivity index (χ0n) is 9.93. The smallest absolute Gasteiger partial charge is 0.254 e. The molecule has 0 radical (unpaired) electrons. The fourth-order valence-electron chi connectivity index (χ4n) is 1.97. The minimum Gasteiger partial charge on any atom is -0.508 e. The topological polar surface area (TPSA) is 40.5 Å². The molecule has 17 heavy (non-hydrogen) atoms. The van der Waals surface area contributed by atoms with Crippen LogP contribution in [0.4, 0.5) is 0 Å². The van der Waals surface area contributed by atoms with Gasteiger partial charge in [0, 0.05) is 29.7 Å². The average molecular weight is 251 g/mol. The zero-order chi connectivity index (χ0) is 12.3. The molecule has 92 valence electrons. The van der Waals surface area contributed by atoms with Crippen LogP contribution in [0.5, 0.6) is 5.75 Å². The van der Waals surface area contributed by atoms with E-state index in [1.807, 2.05) is 16.7 Å². The van der Waals surface area contributed by atoms with Crippen LogP contribution in [-0.2, 0) is 0 Å². The molecule has 0 spiro atoms. The van der Waals surface area contributed by atoms with Crippen molar-refractivity contribution in [3.63, 3.8) is 0 Å². The van der Waals surface area contributed by atoms with Crippen molar-refractivity contribution in [3.05, 3.63) is 29.8 Å². The second-order valence-corrected chi connectivity index (χ2v) is 5.61. The summed E-state index contributed by atoms with van der Waals surface area (Å²) in [4.78, 5) is 14.1. The van der Waals surface area contributed by atoms with Gasteiger partial charge in [-0.05, 0) is 24.6 Å². The van der Waals surface area contributed by atoms with Crippen molar-refractivity contribution in [2.45, 2.75) is 18.6 Å². The zero-order valence-corrected chi connectivity index (χ0v) is 10.7. The van der Waals surface area contributed by atoms with Crippen molar-refractivity contribution < 1.29 is 9.90 Å². The van der Waals surface area contributed by atoms with Gasteiger partial charge in [-0.3, -0.25) is 4.79 Å². The third-order valence-corrected chi connectivity index (χ3v) is 4.35. The molecule has 2 rings (SSSR count). The molecule has 3 nitrogen and oxygen atoms in total. The summed E-state index contributed by atoms with van der Waals surface area (Å²) in [7, 11) is 0. The number of thioether (sulfide) groups is 1. The van der Waals surface area contributed by atoms with E-state index in [4.69, 9.17) is 0 Å². The molecule has 0 aromatic heterocycles. The molecule has 1 aliphatic rings. The van der Waals surface area contributed by atoms with E-state index < -0.39 is 0 Å². The summed E-state index contributed by atoms with van der Waals surface area (Å²) >= 11 is 1.94. The van der Waals surface area contributed by atoms with Gasteiger partial charge in [-0.25, -0.2) is 0 Å². The second-order valence-electron chi connectivity index (χ2n) is 4.20. The number of aromatic hydroxyl groups is 1. The van der Waals surface area contributed by atoms with Crippen LogP contribution in [0.25, 0.3) is 0 Å². The van der Waals surface area contributed by atoms with E-state index in [1.165, 1.54) is 6.07 Å². The molecule has 1 N–H and O–H groups in total. The summed E-state index contributed by atoms with van der Waals surface area (Å²) < 4.78 is 0. The number of hydrogen-bond donors (Lipinski definition) is 1. The molecule has 4 heteroatoms. The summed E-state index contributed by atoms with van der Waals surface area (Å²) in [6.07, 6.45) is 1.09. The highest BCUT2D eigenvalue weighted by Crippen LogP contribution is 2.23. The molecular weight excluding hydrogens is 234 g/mol. The van der Waals surface area contributed by atoms with Gasteiger partial charge in [0.1, 0.15) is 5.75 Å². The number of hydrogen-bond acceptors (Lipinski definition) is 3. The van der Waals surface area contributed by atoms with Crippen molar-refractivity contribution in [1.29, 1.82) is 0 Å². The Balaban J connectivity index is 2.09.